The second-order valence-corrected chi connectivity index (χ2v) is 9.45. The molecule has 0 spiro atoms. The summed E-state index contributed by atoms with van der Waals surface area (Å²) in [5, 5.41) is 4.55. The van der Waals surface area contributed by atoms with E-state index in [1.54, 1.807) is 0 Å². The van der Waals surface area contributed by atoms with Crippen molar-refractivity contribution in [3.63, 3.8) is 0 Å². The SMILES string of the molecule is Nc1ncnn2c(C3CC(N4CCCCC4)C3)nc(-c3cccc(OCc4ccccc4)c3)c12. The van der Waals surface area contributed by atoms with Gasteiger partial charge in [-0.1, -0.05) is 48.9 Å². The Morgan fingerprint density at radius 1 is 0.971 bits per heavy atom. The van der Waals surface area contributed by atoms with Crippen molar-refractivity contribution in [1.29, 1.82) is 0 Å². The van der Waals surface area contributed by atoms with E-state index in [2.05, 4.69) is 27.1 Å². The van der Waals surface area contributed by atoms with Crippen LogP contribution in [-0.2, 0) is 6.61 Å². The number of nitrogens with zero attached hydrogens (tertiary/aromatic N) is 5. The maximum Gasteiger partial charge on any atom is 0.153 e. The summed E-state index contributed by atoms with van der Waals surface area (Å²) in [5.41, 5.74) is 10.0. The Bertz CT molecular complexity index is 1280. The molecule has 7 nitrogen and oxygen atoms in total. The van der Waals surface area contributed by atoms with E-state index >= 15 is 0 Å². The van der Waals surface area contributed by atoms with Gasteiger partial charge in [0.1, 0.15) is 35.7 Å². The van der Waals surface area contributed by atoms with Crippen molar-refractivity contribution in [2.24, 2.45) is 0 Å². The third-order valence-electron chi connectivity index (χ3n) is 7.23. The molecule has 1 aliphatic heterocycles. The Morgan fingerprint density at radius 3 is 2.62 bits per heavy atom. The zero-order valence-electron chi connectivity index (χ0n) is 19.3. The molecule has 1 saturated carbocycles. The Balaban J connectivity index is 1.27. The van der Waals surface area contributed by atoms with Crippen LogP contribution in [-0.4, -0.2) is 43.6 Å². The molecule has 3 heterocycles. The van der Waals surface area contributed by atoms with Crippen molar-refractivity contribution in [2.75, 3.05) is 18.8 Å². The van der Waals surface area contributed by atoms with Gasteiger partial charge in [0.15, 0.2) is 5.82 Å². The van der Waals surface area contributed by atoms with E-state index in [0.717, 1.165) is 46.8 Å². The minimum absolute atomic E-state index is 0.389. The molecule has 0 atom stereocenters. The fourth-order valence-corrected chi connectivity index (χ4v) is 5.30. The average Bonchev–Trinajstić information content (AvgIpc) is 3.24. The molecule has 6 rings (SSSR count). The number of hydrogen-bond acceptors (Lipinski definition) is 6. The van der Waals surface area contributed by atoms with Gasteiger partial charge in [0, 0.05) is 17.5 Å². The number of nitrogens with two attached hydrogens (primary N) is 1. The Morgan fingerprint density at radius 2 is 1.79 bits per heavy atom. The summed E-state index contributed by atoms with van der Waals surface area (Å²) in [6, 6.07) is 18.9. The minimum Gasteiger partial charge on any atom is -0.489 e. The van der Waals surface area contributed by atoms with E-state index in [-0.39, 0.29) is 0 Å². The normalized spacial score (nSPS) is 20.8. The highest BCUT2D eigenvalue weighted by atomic mass is 16.5. The number of hydrogen-bond donors (Lipinski definition) is 1. The van der Waals surface area contributed by atoms with Gasteiger partial charge in [-0.15, -0.1) is 0 Å². The van der Waals surface area contributed by atoms with Gasteiger partial charge in [-0.05, 0) is 56.5 Å². The van der Waals surface area contributed by atoms with Crippen LogP contribution in [0.5, 0.6) is 5.75 Å². The summed E-state index contributed by atoms with van der Waals surface area (Å²) < 4.78 is 7.97. The number of benzene rings is 2. The second kappa shape index (κ2) is 9.06. The van der Waals surface area contributed by atoms with Crippen LogP contribution in [0.3, 0.4) is 0 Å². The summed E-state index contributed by atoms with van der Waals surface area (Å²) in [6.45, 7) is 2.98. The lowest BCUT2D eigenvalue weighted by Crippen LogP contribution is -2.46. The molecule has 2 N–H and O–H groups in total. The van der Waals surface area contributed by atoms with Gasteiger partial charge in [-0.25, -0.2) is 14.5 Å². The Hall–Kier alpha value is -3.45. The number of imidazole rings is 1. The van der Waals surface area contributed by atoms with E-state index in [9.17, 15) is 0 Å². The highest BCUT2D eigenvalue weighted by molar-refractivity contribution is 5.85. The lowest BCUT2D eigenvalue weighted by molar-refractivity contribution is 0.0859. The molecular weight excluding hydrogens is 424 g/mol. The molecule has 2 fully saturated rings. The van der Waals surface area contributed by atoms with Crippen molar-refractivity contribution in [3.8, 4) is 17.0 Å². The fraction of sp³-hybridized carbons (Fsp3) is 0.370. The average molecular weight is 455 g/mol. The van der Waals surface area contributed by atoms with Crippen LogP contribution in [0.15, 0.2) is 60.9 Å². The number of anilines is 1. The third-order valence-corrected chi connectivity index (χ3v) is 7.23. The first-order chi connectivity index (χ1) is 16.8. The minimum atomic E-state index is 0.389. The molecule has 2 aromatic carbocycles. The van der Waals surface area contributed by atoms with Gasteiger partial charge in [0.05, 0.1) is 0 Å². The summed E-state index contributed by atoms with van der Waals surface area (Å²) in [5.74, 6) is 2.63. The van der Waals surface area contributed by atoms with E-state index in [0.29, 0.717) is 24.4 Å². The molecule has 174 valence electrons. The van der Waals surface area contributed by atoms with E-state index in [4.69, 9.17) is 15.5 Å². The molecule has 0 bridgehead atoms. The van der Waals surface area contributed by atoms with Crippen LogP contribution in [0, 0.1) is 0 Å². The monoisotopic (exact) mass is 454 g/mol. The molecule has 4 aromatic rings. The van der Waals surface area contributed by atoms with E-state index < -0.39 is 0 Å². The highest BCUT2D eigenvalue weighted by Crippen LogP contribution is 2.42. The van der Waals surface area contributed by atoms with Crippen molar-refractivity contribution in [2.45, 2.75) is 50.7 Å². The maximum absolute atomic E-state index is 6.33. The lowest BCUT2D eigenvalue weighted by Gasteiger charge is -2.44. The molecule has 7 heteroatoms. The number of nitrogen functional groups attached to an aromatic ring is 1. The van der Waals surface area contributed by atoms with Crippen LogP contribution in [0.4, 0.5) is 5.82 Å². The van der Waals surface area contributed by atoms with Gasteiger partial charge in [0.2, 0.25) is 0 Å². The van der Waals surface area contributed by atoms with Crippen LogP contribution in [0.25, 0.3) is 16.8 Å². The zero-order chi connectivity index (χ0) is 22.9. The van der Waals surface area contributed by atoms with Crippen molar-refractivity contribution >= 4 is 11.3 Å². The standard InChI is InChI=1S/C27H30N6O/c28-26-25-24(20-10-7-11-23(16-20)34-17-19-8-3-1-4-9-19)31-27(33(25)30-18-29-26)21-14-22(15-21)32-12-5-2-6-13-32/h1,3-4,7-11,16,18,21-22H,2,5-6,12-15,17H2,(H2,28,29,30). The van der Waals surface area contributed by atoms with E-state index in [1.807, 2.05) is 47.0 Å². The second-order valence-electron chi connectivity index (χ2n) is 9.45. The summed E-state index contributed by atoms with van der Waals surface area (Å²) >= 11 is 0. The summed E-state index contributed by atoms with van der Waals surface area (Å²) in [7, 11) is 0. The predicted molar refractivity (Wildman–Crippen MR) is 133 cm³/mol. The largest absolute Gasteiger partial charge is 0.489 e. The first-order valence-corrected chi connectivity index (χ1v) is 12.3. The van der Waals surface area contributed by atoms with E-state index in [1.165, 1.54) is 38.7 Å². The van der Waals surface area contributed by atoms with Crippen molar-refractivity contribution in [1.82, 2.24) is 24.5 Å². The van der Waals surface area contributed by atoms with Crippen molar-refractivity contribution < 1.29 is 4.74 Å². The topological polar surface area (TPSA) is 81.6 Å². The van der Waals surface area contributed by atoms with Crippen molar-refractivity contribution in [3.05, 3.63) is 72.3 Å². The zero-order valence-corrected chi connectivity index (χ0v) is 19.3. The summed E-state index contributed by atoms with van der Waals surface area (Å²) in [4.78, 5) is 12.0. The molecule has 2 aromatic heterocycles. The number of likely N-dealkylation sites (tertiary alicyclic amines) is 1. The fourth-order valence-electron chi connectivity index (χ4n) is 5.30. The molecule has 34 heavy (non-hydrogen) atoms. The molecule has 1 saturated heterocycles. The molecule has 0 amide bonds. The smallest absolute Gasteiger partial charge is 0.153 e. The Labute approximate surface area is 199 Å². The summed E-state index contributed by atoms with van der Waals surface area (Å²) in [6.07, 6.45) is 7.79. The van der Waals surface area contributed by atoms with Gasteiger partial charge in [0.25, 0.3) is 0 Å². The number of rotatable bonds is 6. The number of aromatic nitrogens is 4. The first-order valence-electron chi connectivity index (χ1n) is 12.3. The van der Waals surface area contributed by atoms with Gasteiger partial charge >= 0.3 is 0 Å². The number of ether oxygens (including phenoxy) is 1. The first kappa shape index (κ1) is 21.1. The molecule has 0 unspecified atom stereocenters. The third kappa shape index (κ3) is 4.01. The van der Waals surface area contributed by atoms with Crippen LogP contribution in [0.2, 0.25) is 0 Å². The molecular formula is C27H30N6O. The maximum atomic E-state index is 6.33. The van der Waals surface area contributed by atoms with Crippen LogP contribution < -0.4 is 10.5 Å². The predicted octanol–water partition coefficient (Wildman–Crippen LogP) is 4.68. The van der Waals surface area contributed by atoms with Crippen LogP contribution >= 0.6 is 0 Å². The Kier molecular flexibility index (Phi) is 5.63. The molecule has 1 aliphatic carbocycles. The van der Waals surface area contributed by atoms with Gasteiger partial charge in [-0.3, -0.25) is 0 Å². The quantitative estimate of drug-likeness (QED) is 0.455. The number of piperidine rings is 1. The van der Waals surface area contributed by atoms with Gasteiger partial charge < -0.3 is 15.4 Å². The van der Waals surface area contributed by atoms with Gasteiger partial charge in [-0.2, -0.15) is 5.10 Å². The highest BCUT2D eigenvalue weighted by Gasteiger charge is 2.38. The lowest BCUT2D eigenvalue weighted by atomic mass is 9.78. The van der Waals surface area contributed by atoms with Crippen LogP contribution in [0.1, 0.15) is 49.4 Å². The molecule has 0 radical (unpaired) electrons. The number of fused-ring (bicyclic) bond motifs is 1. The molecule has 2 aliphatic rings.